The van der Waals surface area contributed by atoms with Crippen LogP contribution in [0.4, 0.5) is 0 Å². The maximum absolute atomic E-state index is 4.76. The van der Waals surface area contributed by atoms with E-state index in [1.807, 2.05) is 0 Å². The molecular weight excluding hydrogens is 145 g/mol. The first-order valence-electron chi connectivity index (χ1n) is 2.66. The molecule has 0 aromatic carbocycles. The van der Waals surface area contributed by atoms with Crippen molar-refractivity contribution in [1.82, 2.24) is 5.32 Å². The molecule has 0 amide bonds. The zero-order valence-electron chi connectivity index (χ0n) is 5.38. The van der Waals surface area contributed by atoms with Crippen molar-refractivity contribution >= 4 is 23.2 Å². The first-order chi connectivity index (χ1) is 3.83. The Bertz CT molecular complexity index is 24.4. The molecule has 0 aliphatic rings. The standard InChI is InChI=1S/C4H11N.CH2Cl2/c1-3-5-4-2;2-1-3/h5H,3-4H2,1-2H3;1H2. The number of rotatable bonds is 2. The second kappa shape index (κ2) is 15.6. The van der Waals surface area contributed by atoms with Crippen LogP contribution >= 0.6 is 23.2 Å². The molecule has 0 aromatic heterocycles. The van der Waals surface area contributed by atoms with E-state index in [0.29, 0.717) is 0 Å². The van der Waals surface area contributed by atoms with Crippen LogP contribution in [0.1, 0.15) is 13.8 Å². The van der Waals surface area contributed by atoms with E-state index in [-0.39, 0.29) is 5.34 Å². The zero-order chi connectivity index (χ0) is 6.83. The molecule has 52 valence electrons. The highest BCUT2D eigenvalue weighted by Gasteiger charge is 1.62. The van der Waals surface area contributed by atoms with Crippen LogP contribution in [-0.2, 0) is 0 Å². The monoisotopic (exact) mass is 157 g/mol. The Balaban J connectivity index is 0. The maximum Gasteiger partial charge on any atom is 0.0967 e. The smallest absolute Gasteiger partial charge is 0.0967 e. The van der Waals surface area contributed by atoms with E-state index in [1.165, 1.54) is 0 Å². The molecule has 0 heterocycles. The lowest BCUT2D eigenvalue weighted by Crippen LogP contribution is -2.09. The molecule has 0 rings (SSSR count). The van der Waals surface area contributed by atoms with Crippen molar-refractivity contribution in [2.24, 2.45) is 0 Å². The summed E-state index contributed by atoms with van der Waals surface area (Å²) in [6.07, 6.45) is 0. The average Bonchev–Trinajstić information content (AvgIpc) is 1.71. The molecule has 0 unspecified atom stereocenters. The lowest BCUT2D eigenvalue weighted by atomic mass is 10.7. The normalized spacial score (nSPS) is 7.50. The minimum absolute atomic E-state index is 0.194. The zero-order valence-corrected chi connectivity index (χ0v) is 6.89. The van der Waals surface area contributed by atoms with Gasteiger partial charge >= 0.3 is 0 Å². The summed E-state index contributed by atoms with van der Waals surface area (Å²) in [4.78, 5) is 0. The molecule has 0 aromatic rings. The summed E-state index contributed by atoms with van der Waals surface area (Å²) in [5, 5.41) is 3.31. The molecule has 0 radical (unpaired) electrons. The summed E-state index contributed by atoms with van der Waals surface area (Å²) in [6.45, 7) is 6.39. The number of hydrogen-bond donors (Lipinski definition) is 1. The van der Waals surface area contributed by atoms with Crippen LogP contribution in [0.2, 0.25) is 0 Å². The van der Waals surface area contributed by atoms with E-state index in [4.69, 9.17) is 23.2 Å². The minimum Gasteiger partial charge on any atom is -0.317 e. The quantitative estimate of drug-likeness (QED) is 0.606. The van der Waals surface area contributed by atoms with E-state index < -0.39 is 0 Å². The first-order valence-corrected chi connectivity index (χ1v) is 3.72. The summed E-state index contributed by atoms with van der Waals surface area (Å²) >= 11 is 9.53. The molecular formula is C5H13Cl2N. The molecule has 0 atom stereocenters. The third-order valence-corrected chi connectivity index (χ3v) is 0.500. The average molecular weight is 158 g/mol. The van der Waals surface area contributed by atoms with Crippen LogP contribution in [0.5, 0.6) is 0 Å². The van der Waals surface area contributed by atoms with Crippen molar-refractivity contribution in [2.45, 2.75) is 13.8 Å². The van der Waals surface area contributed by atoms with Gasteiger partial charge < -0.3 is 5.32 Å². The third-order valence-electron chi connectivity index (χ3n) is 0.500. The van der Waals surface area contributed by atoms with Crippen molar-refractivity contribution in [2.75, 3.05) is 18.4 Å². The molecule has 0 saturated heterocycles. The summed E-state index contributed by atoms with van der Waals surface area (Å²) in [5.74, 6) is 0. The SMILES string of the molecule is CCNCC.ClCCl. The maximum atomic E-state index is 4.76. The second-order valence-corrected chi connectivity index (χ2v) is 1.87. The van der Waals surface area contributed by atoms with Gasteiger partial charge in [-0.05, 0) is 13.1 Å². The molecule has 0 saturated carbocycles. The molecule has 0 spiro atoms. The third kappa shape index (κ3) is 31.1. The molecule has 0 aliphatic heterocycles. The van der Waals surface area contributed by atoms with E-state index >= 15 is 0 Å². The second-order valence-electron chi connectivity index (χ2n) is 1.06. The van der Waals surface area contributed by atoms with Gasteiger partial charge in [-0.15, -0.1) is 23.2 Å². The van der Waals surface area contributed by atoms with Crippen molar-refractivity contribution in [3.63, 3.8) is 0 Å². The van der Waals surface area contributed by atoms with Gasteiger partial charge in [-0.2, -0.15) is 0 Å². The Morgan fingerprint density at radius 2 is 1.38 bits per heavy atom. The predicted octanol–water partition coefficient (Wildman–Crippen LogP) is 2.04. The molecule has 1 N–H and O–H groups in total. The summed E-state index contributed by atoms with van der Waals surface area (Å²) in [5.41, 5.74) is 0. The van der Waals surface area contributed by atoms with Gasteiger partial charge in [0.15, 0.2) is 0 Å². The van der Waals surface area contributed by atoms with Crippen LogP contribution in [0, 0.1) is 0 Å². The highest BCUT2D eigenvalue weighted by Crippen LogP contribution is 1.73. The molecule has 0 fully saturated rings. The highest BCUT2D eigenvalue weighted by atomic mass is 35.5. The van der Waals surface area contributed by atoms with Crippen LogP contribution in [-0.4, -0.2) is 18.4 Å². The van der Waals surface area contributed by atoms with Crippen LogP contribution in [0.15, 0.2) is 0 Å². The Morgan fingerprint density at radius 1 is 1.12 bits per heavy atom. The van der Waals surface area contributed by atoms with Gasteiger partial charge in [-0.25, -0.2) is 0 Å². The lowest BCUT2D eigenvalue weighted by molar-refractivity contribution is 0.762. The molecule has 8 heavy (non-hydrogen) atoms. The Hall–Kier alpha value is 0.540. The van der Waals surface area contributed by atoms with E-state index in [0.717, 1.165) is 13.1 Å². The van der Waals surface area contributed by atoms with E-state index in [1.54, 1.807) is 0 Å². The Labute approximate surface area is 61.4 Å². The van der Waals surface area contributed by atoms with Crippen LogP contribution in [0.25, 0.3) is 0 Å². The number of nitrogens with one attached hydrogen (secondary N) is 1. The fourth-order valence-electron chi connectivity index (χ4n) is 0.250. The largest absolute Gasteiger partial charge is 0.317 e. The molecule has 3 heteroatoms. The van der Waals surface area contributed by atoms with Crippen molar-refractivity contribution in [3.8, 4) is 0 Å². The van der Waals surface area contributed by atoms with Crippen LogP contribution in [0.3, 0.4) is 0 Å². The van der Waals surface area contributed by atoms with Crippen LogP contribution < -0.4 is 5.32 Å². The van der Waals surface area contributed by atoms with E-state index in [9.17, 15) is 0 Å². The fourth-order valence-corrected chi connectivity index (χ4v) is 0.250. The minimum atomic E-state index is 0.194. The lowest BCUT2D eigenvalue weighted by Gasteiger charge is -1.86. The van der Waals surface area contributed by atoms with Crippen molar-refractivity contribution in [1.29, 1.82) is 0 Å². The summed E-state index contributed by atoms with van der Waals surface area (Å²) in [7, 11) is 0. The fraction of sp³-hybridized carbons (Fsp3) is 1.00. The van der Waals surface area contributed by atoms with Gasteiger partial charge in [0.25, 0.3) is 0 Å². The number of hydrogen-bond acceptors (Lipinski definition) is 1. The predicted molar refractivity (Wildman–Crippen MR) is 40.8 cm³/mol. The Kier molecular flexibility index (Phi) is 22.2. The first kappa shape index (κ1) is 11.4. The van der Waals surface area contributed by atoms with Gasteiger partial charge in [0.1, 0.15) is 0 Å². The van der Waals surface area contributed by atoms with Gasteiger partial charge in [0.05, 0.1) is 5.34 Å². The van der Waals surface area contributed by atoms with Gasteiger partial charge in [0, 0.05) is 0 Å². The van der Waals surface area contributed by atoms with Gasteiger partial charge in [-0.3, -0.25) is 0 Å². The van der Waals surface area contributed by atoms with Gasteiger partial charge in [-0.1, -0.05) is 13.8 Å². The summed E-state index contributed by atoms with van der Waals surface area (Å²) in [6, 6.07) is 0. The summed E-state index contributed by atoms with van der Waals surface area (Å²) < 4.78 is 0. The van der Waals surface area contributed by atoms with Crippen molar-refractivity contribution in [3.05, 3.63) is 0 Å². The number of halogens is 2. The molecule has 1 nitrogen and oxygen atoms in total. The topological polar surface area (TPSA) is 12.0 Å². The van der Waals surface area contributed by atoms with Gasteiger partial charge in [0.2, 0.25) is 0 Å². The highest BCUT2D eigenvalue weighted by molar-refractivity contribution is 6.40. The molecule has 0 aliphatic carbocycles. The van der Waals surface area contributed by atoms with E-state index in [2.05, 4.69) is 19.2 Å². The number of alkyl halides is 2. The molecule has 0 bridgehead atoms. The Morgan fingerprint density at radius 3 is 1.38 bits per heavy atom. The van der Waals surface area contributed by atoms with Crippen molar-refractivity contribution < 1.29 is 0 Å².